The fourth-order valence-corrected chi connectivity index (χ4v) is 3.97. The summed E-state index contributed by atoms with van der Waals surface area (Å²) in [7, 11) is 0. The van der Waals surface area contributed by atoms with Crippen molar-refractivity contribution in [2.75, 3.05) is 23.0 Å². The zero-order valence-electron chi connectivity index (χ0n) is 14.5. The molecule has 0 radical (unpaired) electrons. The van der Waals surface area contributed by atoms with E-state index in [4.69, 9.17) is 11.1 Å². The number of hydrogen-bond acceptors (Lipinski definition) is 6. The highest BCUT2D eigenvalue weighted by Crippen LogP contribution is 2.32. The summed E-state index contributed by atoms with van der Waals surface area (Å²) in [4.78, 5) is 14.0. The van der Waals surface area contributed by atoms with Gasteiger partial charge in [0, 0.05) is 11.6 Å². The normalized spacial score (nSPS) is 14.7. The predicted octanol–water partition coefficient (Wildman–Crippen LogP) is 2.69. The van der Waals surface area contributed by atoms with E-state index in [0.29, 0.717) is 16.8 Å². The third-order valence-electron chi connectivity index (χ3n) is 4.58. The minimum atomic E-state index is -0.162. The maximum Gasteiger partial charge on any atom is 0.238 e. The number of anilines is 1. The Hall–Kier alpha value is -2.53. The Morgan fingerprint density at radius 3 is 2.69 bits per heavy atom. The van der Waals surface area contributed by atoms with Crippen LogP contribution in [0.4, 0.5) is 5.69 Å². The van der Waals surface area contributed by atoms with Crippen molar-refractivity contribution in [2.24, 2.45) is 0 Å². The summed E-state index contributed by atoms with van der Waals surface area (Å²) in [5.41, 5.74) is 0.705. The first kappa shape index (κ1) is 18.3. The summed E-state index contributed by atoms with van der Waals surface area (Å²) >= 11 is 1.25. The van der Waals surface area contributed by atoms with Crippen LogP contribution in [0.25, 0.3) is 0 Å². The Morgan fingerprint density at radius 2 is 2.00 bits per heavy atom. The second-order valence-corrected chi connectivity index (χ2v) is 7.25. The van der Waals surface area contributed by atoms with Crippen LogP contribution < -0.4 is 10.7 Å². The zero-order chi connectivity index (χ0) is 18.4. The molecule has 136 valence electrons. The molecule has 1 aliphatic rings. The molecule has 7 nitrogen and oxygen atoms in total. The molecular weight excluding hydrogens is 348 g/mol. The van der Waals surface area contributed by atoms with Gasteiger partial charge < -0.3 is 5.84 Å². The summed E-state index contributed by atoms with van der Waals surface area (Å²) in [6, 6.07) is 11.2. The molecule has 2 aromatic rings. The molecule has 0 unspecified atom stereocenters. The zero-order valence-corrected chi connectivity index (χ0v) is 15.4. The summed E-state index contributed by atoms with van der Waals surface area (Å²) in [6.45, 7) is 0.00600. The van der Waals surface area contributed by atoms with Gasteiger partial charge in [-0.3, -0.25) is 9.69 Å². The van der Waals surface area contributed by atoms with Crippen molar-refractivity contribution < 1.29 is 4.79 Å². The third-order valence-corrected chi connectivity index (χ3v) is 5.51. The Balaban J connectivity index is 1.65. The fourth-order valence-electron chi connectivity index (χ4n) is 3.23. The third kappa shape index (κ3) is 4.17. The van der Waals surface area contributed by atoms with Crippen LogP contribution >= 0.6 is 11.8 Å². The van der Waals surface area contributed by atoms with E-state index >= 15 is 0 Å². The lowest BCUT2D eigenvalue weighted by Crippen LogP contribution is -2.32. The number of carbonyl (C=O) groups is 1. The van der Waals surface area contributed by atoms with E-state index in [1.54, 1.807) is 0 Å². The van der Waals surface area contributed by atoms with Crippen LogP contribution in [-0.4, -0.2) is 33.1 Å². The van der Waals surface area contributed by atoms with Gasteiger partial charge in [0.15, 0.2) is 5.82 Å². The molecule has 8 heteroatoms. The molecule has 0 saturated heterocycles. The number of rotatable bonds is 6. The van der Waals surface area contributed by atoms with E-state index in [0.717, 1.165) is 18.7 Å². The standard InChI is InChI=1S/C18H22N6OS/c19-11-12-23(15-9-5-2-6-10-15)16(25)13-26-18-22-21-17(24(18)20)14-7-3-1-4-8-14/h2,5-6,9-10,14H,1,3-4,7-8,12-13,20H2. The Morgan fingerprint density at radius 1 is 1.27 bits per heavy atom. The Kier molecular flexibility index (Phi) is 6.12. The molecule has 0 bridgehead atoms. The van der Waals surface area contributed by atoms with Gasteiger partial charge >= 0.3 is 0 Å². The number of para-hydroxylation sites is 1. The molecule has 1 aromatic heterocycles. The number of benzene rings is 1. The van der Waals surface area contributed by atoms with Crippen LogP contribution in [-0.2, 0) is 4.79 Å². The number of nitrogen functional groups attached to an aromatic ring is 1. The van der Waals surface area contributed by atoms with Gasteiger partial charge in [0.05, 0.1) is 11.8 Å². The molecular formula is C18H22N6OS. The lowest BCUT2D eigenvalue weighted by molar-refractivity contribution is -0.116. The van der Waals surface area contributed by atoms with Crippen molar-refractivity contribution in [3.63, 3.8) is 0 Å². The number of hydrogen-bond donors (Lipinski definition) is 1. The highest BCUT2D eigenvalue weighted by Gasteiger charge is 2.23. The van der Waals surface area contributed by atoms with Gasteiger partial charge in [-0.15, -0.1) is 10.2 Å². The van der Waals surface area contributed by atoms with E-state index < -0.39 is 0 Å². The number of nitrogens with zero attached hydrogens (tertiary/aromatic N) is 5. The van der Waals surface area contributed by atoms with Crippen molar-refractivity contribution in [1.29, 1.82) is 5.26 Å². The summed E-state index contributed by atoms with van der Waals surface area (Å²) in [5, 5.41) is 18.0. The number of nitrogens with two attached hydrogens (primary N) is 1. The van der Waals surface area contributed by atoms with Gasteiger partial charge in [0.2, 0.25) is 11.1 Å². The first-order valence-electron chi connectivity index (χ1n) is 8.76. The molecule has 0 spiro atoms. The average molecular weight is 370 g/mol. The Labute approximate surface area is 157 Å². The minimum Gasteiger partial charge on any atom is -0.336 e. The lowest BCUT2D eigenvalue weighted by atomic mass is 9.89. The molecule has 1 aromatic carbocycles. The smallest absolute Gasteiger partial charge is 0.238 e. The predicted molar refractivity (Wildman–Crippen MR) is 101 cm³/mol. The van der Waals surface area contributed by atoms with Crippen LogP contribution in [0.15, 0.2) is 35.5 Å². The molecule has 1 heterocycles. The molecule has 3 rings (SSSR count). The lowest BCUT2D eigenvalue weighted by Gasteiger charge is -2.20. The minimum absolute atomic E-state index is 0.00600. The molecule has 26 heavy (non-hydrogen) atoms. The molecule has 1 fully saturated rings. The van der Waals surface area contributed by atoms with Gasteiger partial charge in [0.1, 0.15) is 6.54 Å². The number of carbonyl (C=O) groups excluding carboxylic acids is 1. The Bertz CT molecular complexity index is 779. The monoisotopic (exact) mass is 370 g/mol. The molecule has 2 N–H and O–H groups in total. The molecule has 1 saturated carbocycles. The molecule has 0 aliphatic heterocycles. The first-order valence-corrected chi connectivity index (χ1v) is 9.75. The van der Waals surface area contributed by atoms with Crippen molar-refractivity contribution in [3.8, 4) is 6.07 Å². The molecule has 1 aliphatic carbocycles. The van der Waals surface area contributed by atoms with E-state index in [-0.39, 0.29) is 18.2 Å². The second kappa shape index (κ2) is 8.72. The highest BCUT2D eigenvalue weighted by molar-refractivity contribution is 7.99. The van der Waals surface area contributed by atoms with Crippen molar-refractivity contribution in [2.45, 2.75) is 43.2 Å². The van der Waals surface area contributed by atoms with Crippen LogP contribution in [0.5, 0.6) is 0 Å². The summed E-state index contributed by atoms with van der Waals surface area (Å²) < 4.78 is 1.52. The summed E-state index contributed by atoms with van der Waals surface area (Å²) in [5.74, 6) is 7.30. The number of aromatic nitrogens is 3. The summed E-state index contributed by atoms with van der Waals surface area (Å²) in [6.07, 6.45) is 5.82. The van der Waals surface area contributed by atoms with Crippen LogP contribution in [0.3, 0.4) is 0 Å². The maximum atomic E-state index is 12.6. The first-order chi connectivity index (χ1) is 12.7. The van der Waals surface area contributed by atoms with Gasteiger partial charge in [-0.25, -0.2) is 4.68 Å². The fraction of sp³-hybridized carbons (Fsp3) is 0.444. The number of thioether (sulfide) groups is 1. The molecule has 0 atom stereocenters. The maximum absolute atomic E-state index is 12.6. The average Bonchev–Trinajstić information content (AvgIpc) is 3.06. The quantitative estimate of drug-likeness (QED) is 0.477. The number of amides is 1. The van der Waals surface area contributed by atoms with E-state index in [2.05, 4.69) is 10.2 Å². The highest BCUT2D eigenvalue weighted by atomic mass is 32.2. The number of nitriles is 1. The molecule has 1 amide bonds. The van der Waals surface area contributed by atoms with Gasteiger partial charge in [-0.05, 0) is 25.0 Å². The van der Waals surface area contributed by atoms with Crippen molar-refractivity contribution in [1.82, 2.24) is 14.9 Å². The largest absolute Gasteiger partial charge is 0.336 e. The van der Waals surface area contributed by atoms with Crippen molar-refractivity contribution in [3.05, 3.63) is 36.2 Å². The van der Waals surface area contributed by atoms with Gasteiger partial charge in [-0.1, -0.05) is 49.2 Å². The van der Waals surface area contributed by atoms with Crippen molar-refractivity contribution >= 4 is 23.4 Å². The van der Waals surface area contributed by atoms with Gasteiger partial charge in [0.25, 0.3) is 0 Å². The van der Waals surface area contributed by atoms with E-state index in [1.165, 1.54) is 40.6 Å². The van der Waals surface area contributed by atoms with Gasteiger partial charge in [-0.2, -0.15) is 5.26 Å². The van der Waals surface area contributed by atoms with E-state index in [9.17, 15) is 4.79 Å². The topological polar surface area (TPSA) is 101 Å². The van der Waals surface area contributed by atoms with Crippen LogP contribution in [0, 0.1) is 11.3 Å². The second-order valence-electron chi connectivity index (χ2n) is 6.31. The SMILES string of the molecule is N#CCN(C(=O)CSc1nnc(C2CCCCC2)n1N)c1ccccc1. The van der Waals surface area contributed by atoms with E-state index in [1.807, 2.05) is 36.4 Å². The van der Waals surface area contributed by atoms with Crippen LogP contribution in [0.2, 0.25) is 0 Å². The van der Waals surface area contributed by atoms with Crippen LogP contribution in [0.1, 0.15) is 43.8 Å².